The number of rotatable bonds is 4. The Kier molecular flexibility index (Phi) is 3.91. The van der Waals surface area contributed by atoms with Crippen LogP contribution in [0.3, 0.4) is 0 Å². The third-order valence-electron chi connectivity index (χ3n) is 4.25. The molecule has 3 heteroatoms. The van der Waals surface area contributed by atoms with E-state index in [1.807, 2.05) is 13.8 Å². The third-order valence-corrected chi connectivity index (χ3v) is 4.25. The van der Waals surface area contributed by atoms with Gasteiger partial charge in [-0.1, -0.05) is 6.07 Å². The number of nitrogens with one attached hydrogen (secondary N) is 1. The highest BCUT2D eigenvalue weighted by molar-refractivity contribution is 5.59. The van der Waals surface area contributed by atoms with Crippen molar-refractivity contribution >= 4 is 11.4 Å². The Labute approximate surface area is 127 Å². The average Bonchev–Trinajstić information content (AvgIpc) is 3.08. The molecule has 1 aliphatic heterocycles. The summed E-state index contributed by atoms with van der Waals surface area (Å²) in [6.45, 7) is 8.57. The lowest BCUT2D eigenvalue weighted by atomic mass is 10.1. The molecule has 2 aromatic rings. The predicted molar refractivity (Wildman–Crippen MR) is 88.1 cm³/mol. The first-order valence-corrected chi connectivity index (χ1v) is 7.82. The number of hydrogen-bond donors (Lipinski definition) is 1. The maximum absolute atomic E-state index is 5.63. The molecule has 0 spiro atoms. The molecule has 1 fully saturated rings. The van der Waals surface area contributed by atoms with Gasteiger partial charge < -0.3 is 14.6 Å². The highest BCUT2D eigenvalue weighted by atomic mass is 16.3. The van der Waals surface area contributed by atoms with Crippen LogP contribution in [0.4, 0.5) is 11.4 Å². The molecule has 112 valence electrons. The van der Waals surface area contributed by atoms with Crippen molar-refractivity contribution in [3.05, 3.63) is 47.4 Å². The first-order valence-electron chi connectivity index (χ1n) is 7.82. The topological polar surface area (TPSA) is 28.4 Å². The summed E-state index contributed by atoms with van der Waals surface area (Å²) in [5.41, 5.74) is 3.73. The molecule has 0 bridgehead atoms. The summed E-state index contributed by atoms with van der Waals surface area (Å²) in [5.74, 6) is 1.98. The number of hydrogen-bond acceptors (Lipinski definition) is 3. The molecule has 1 atom stereocenters. The fourth-order valence-electron chi connectivity index (χ4n) is 3.18. The van der Waals surface area contributed by atoms with Gasteiger partial charge in [0, 0.05) is 30.0 Å². The van der Waals surface area contributed by atoms with Gasteiger partial charge >= 0.3 is 0 Å². The van der Waals surface area contributed by atoms with Crippen LogP contribution in [0, 0.1) is 13.8 Å². The van der Waals surface area contributed by atoms with Crippen LogP contribution in [-0.2, 0) is 0 Å². The van der Waals surface area contributed by atoms with Gasteiger partial charge in [0.25, 0.3) is 0 Å². The number of aryl methyl sites for hydroxylation is 2. The number of anilines is 2. The highest BCUT2D eigenvalue weighted by Crippen LogP contribution is 2.28. The van der Waals surface area contributed by atoms with Crippen molar-refractivity contribution in [3.63, 3.8) is 0 Å². The van der Waals surface area contributed by atoms with Crippen molar-refractivity contribution in [1.82, 2.24) is 0 Å². The fraction of sp³-hybridized carbons (Fsp3) is 0.444. The summed E-state index contributed by atoms with van der Waals surface area (Å²) >= 11 is 0. The molecular weight excluding hydrogens is 260 g/mol. The van der Waals surface area contributed by atoms with Crippen LogP contribution in [0.15, 0.2) is 34.7 Å². The fourth-order valence-corrected chi connectivity index (χ4v) is 3.18. The molecule has 1 aromatic heterocycles. The summed E-state index contributed by atoms with van der Waals surface area (Å²) in [7, 11) is 0. The second-order valence-electron chi connectivity index (χ2n) is 5.98. The van der Waals surface area contributed by atoms with Gasteiger partial charge in [-0.2, -0.15) is 0 Å². The van der Waals surface area contributed by atoms with E-state index >= 15 is 0 Å². The summed E-state index contributed by atoms with van der Waals surface area (Å²) in [4.78, 5) is 2.46. The lowest BCUT2D eigenvalue weighted by Gasteiger charge is -2.20. The predicted octanol–water partition coefficient (Wildman–Crippen LogP) is 4.67. The van der Waals surface area contributed by atoms with E-state index in [1.165, 1.54) is 42.9 Å². The van der Waals surface area contributed by atoms with Gasteiger partial charge in [-0.3, -0.25) is 0 Å². The quantitative estimate of drug-likeness (QED) is 0.884. The van der Waals surface area contributed by atoms with Gasteiger partial charge in [0.15, 0.2) is 0 Å². The maximum Gasteiger partial charge on any atom is 0.106 e. The zero-order valence-electron chi connectivity index (χ0n) is 13.1. The Hall–Kier alpha value is -1.90. The Morgan fingerprint density at radius 1 is 1.14 bits per heavy atom. The van der Waals surface area contributed by atoms with E-state index in [4.69, 9.17) is 4.42 Å². The van der Waals surface area contributed by atoms with Gasteiger partial charge in [0.1, 0.15) is 11.5 Å². The Morgan fingerprint density at radius 3 is 2.57 bits per heavy atom. The van der Waals surface area contributed by atoms with E-state index in [1.54, 1.807) is 0 Å². The lowest BCUT2D eigenvalue weighted by molar-refractivity contribution is 0.500. The Balaban J connectivity index is 1.75. The van der Waals surface area contributed by atoms with E-state index in [9.17, 15) is 0 Å². The molecule has 1 aliphatic rings. The number of benzene rings is 1. The normalized spacial score (nSPS) is 16.2. The summed E-state index contributed by atoms with van der Waals surface area (Å²) in [6.07, 6.45) is 2.61. The molecule has 0 saturated carbocycles. The van der Waals surface area contributed by atoms with E-state index in [2.05, 4.69) is 47.5 Å². The molecule has 0 amide bonds. The standard InChI is InChI=1S/C18H24N2O/c1-13-11-18(15(3)21-13)14(2)19-16-7-6-8-17(12-16)20-9-4-5-10-20/h6-8,11-12,14,19H,4-5,9-10H2,1-3H3. The van der Waals surface area contributed by atoms with Crippen molar-refractivity contribution in [3.8, 4) is 0 Å². The van der Waals surface area contributed by atoms with E-state index in [-0.39, 0.29) is 6.04 Å². The molecule has 1 saturated heterocycles. The molecule has 21 heavy (non-hydrogen) atoms. The Bertz CT molecular complexity index is 611. The van der Waals surface area contributed by atoms with Crippen molar-refractivity contribution < 1.29 is 4.42 Å². The van der Waals surface area contributed by atoms with Crippen LogP contribution in [0.5, 0.6) is 0 Å². The average molecular weight is 284 g/mol. The van der Waals surface area contributed by atoms with E-state index in [0.717, 1.165) is 11.5 Å². The minimum atomic E-state index is 0.247. The van der Waals surface area contributed by atoms with Gasteiger partial charge in [-0.05, 0) is 57.9 Å². The molecule has 1 unspecified atom stereocenters. The molecule has 3 rings (SSSR count). The second-order valence-corrected chi connectivity index (χ2v) is 5.98. The van der Waals surface area contributed by atoms with Crippen molar-refractivity contribution in [2.24, 2.45) is 0 Å². The molecular formula is C18H24N2O. The monoisotopic (exact) mass is 284 g/mol. The zero-order chi connectivity index (χ0) is 14.8. The Morgan fingerprint density at radius 2 is 1.90 bits per heavy atom. The molecule has 3 nitrogen and oxygen atoms in total. The molecule has 0 radical (unpaired) electrons. The van der Waals surface area contributed by atoms with Crippen LogP contribution in [0.2, 0.25) is 0 Å². The first kappa shape index (κ1) is 14.1. The summed E-state index contributed by atoms with van der Waals surface area (Å²) in [5, 5.41) is 3.59. The van der Waals surface area contributed by atoms with Crippen LogP contribution in [0.1, 0.15) is 42.9 Å². The first-order chi connectivity index (χ1) is 10.1. The van der Waals surface area contributed by atoms with Crippen LogP contribution in [0.25, 0.3) is 0 Å². The molecule has 2 heterocycles. The maximum atomic E-state index is 5.63. The van der Waals surface area contributed by atoms with Crippen LogP contribution < -0.4 is 10.2 Å². The van der Waals surface area contributed by atoms with Gasteiger partial charge in [-0.15, -0.1) is 0 Å². The largest absolute Gasteiger partial charge is 0.466 e. The van der Waals surface area contributed by atoms with Crippen molar-refractivity contribution in [1.29, 1.82) is 0 Å². The van der Waals surface area contributed by atoms with Gasteiger partial charge in [0.2, 0.25) is 0 Å². The number of furan rings is 1. The van der Waals surface area contributed by atoms with Crippen LogP contribution in [-0.4, -0.2) is 13.1 Å². The number of nitrogens with zero attached hydrogens (tertiary/aromatic N) is 1. The SMILES string of the molecule is Cc1cc(C(C)Nc2cccc(N3CCCC3)c2)c(C)o1. The minimum absolute atomic E-state index is 0.247. The summed E-state index contributed by atoms with van der Waals surface area (Å²) < 4.78 is 5.63. The van der Waals surface area contributed by atoms with Crippen molar-refractivity contribution in [2.75, 3.05) is 23.3 Å². The molecule has 1 aromatic carbocycles. The van der Waals surface area contributed by atoms with E-state index < -0.39 is 0 Å². The lowest BCUT2D eigenvalue weighted by Crippen LogP contribution is -2.17. The van der Waals surface area contributed by atoms with Gasteiger partial charge in [0.05, 0.1) is 6.04 Å². The van der Waals surface area contributed by atoms with Crippen LogP contribution >= 0.6 is 0 Å². The zero-order valence-corrected chi connectivity index (χ0v) is 13.1. The van der Waals surface area contributed by atoms with Gasteiger partial charge in [-0.25, -0.2) is 0 Å². The molecule has 1 N–H and O–H groups in total. The smallest absolute Gasteiger partial charge is 0.106 e. The minimum Gasteiger partial charge on any atom is -0.466 e. The highest BCUT2D eigenvalue weighted by Gasteiger charge is 2.15. The van der Waals surface area contributed by atoms with E-state index in [0.29, 0.717) is 0 Å². The summed E-state index contributed by atoms with van der Waals surface area (Å²) in [6, 6.07) is 11.1. The third kappa shape index (κ3) is 3.07. The second kappa shape index (κ2) is 5.84. The molecule has 0 aliphatic carbocycles. The van der Waals surface area contributed by atoms with Crippen molar-refractivity contribution in [2.45, 2.75) is 39.7 Å².